The van der Waals surface area contributed by atoms with E-state index in [9.17, 15) is 4.79 Å². The van der Waals surface area contributed by atoms with Crippen molar-refractivity contribution in [3.63, 3.8) is 0 Å². The standard InChI is InChI=1S/C10H14N4O/c11-6-7-12-10(15)14-13-8-9-4-2-1-3-5-9/h1-5,8H,6-7,11H2,(H2,12,14,15)/b13-8+. The molecule has 5 nitrogen and oxygen atoms in total. The van der Waals surface area contributed by atoms with Crippen molar-refractivity contribution in [2.24, 2.45) is 10.8 Å². The highest BCUT2D eigenvalue weighted by Crippen LogP contribution is 1.92. The van der Waals surface area contributed by atoms with Crippen LogP contribution in [-0.2, 0) is 0 Å². The molecule has 0 bridgehead atoms. The molecule has 0 saturated carbocycles. The van der Waals surface area contributed by atoms with Crippen molar-refractivity contribution in [2.75, 3.05) is 13.1 Å². The Labute approximate surface area is 88.4 Å². The number of amides is 2. The number of nitrogens with zero attached hydrogens (tertiary/aromatic N) is 1. The van der Waals surface area contributed by atoms with E-state index in [-0.39, 0.29) is 6.03 Å². The predicted octanol–water partition coefficient (Wildman–Crippen LogP) is 0.278. The van der Waals surface area contributed by atoms with Gasteiger partial charge in [-0.3, -0.25) is 0 Å². The van der Waals surface area contributed by atoms with Crippen LogP contribution in [0, 0.1) is 0 Å². The van der Waals surface area contributed by atoms with Gasteiger partial charge in [0.1, 0.15) is 0 Å². The number of hydrogen-bond donors (Lipinski definition) is 3. The summed E-state index contributed by atoms with van der Waals surface area (Å²) in [6.07, 6.45) is 1.57. The predicted molar refractivity (Wildman–Crippen MR) is 59.6 cm³/mol. The van der Waals surface area contributed by atoms with E-state index in [0.717, 1.165) is 5.56 Å². The van der Waals surface area contributed by atoms with Crippen LogP contribution >= 0.6 is 0 Å². The topological polar surface area (TPSA) is 79.5 Å². The van der Waals surface area contributed by atoms with Crippen LogP contribution in [0.1, 0.15) is 5.56 Å². The number of nitrogens with one attached hydrogen (secondary N) is 2. The van der Waals surface area contributed by atoms with Crippen LogP contribution in [0.5, 0.6) is 0 Å². The summed E-state index contributed by atoms with van der Waals surface area (Å²) in [5.74, 6) is 0. The molecule has 0 fully saturated rings. The van der Waals surface area contributed by atoms with E-state index >= 15 is 0 Å². The Balaban J connectivity index is 2.31. The minimum Gasteiger partial charge on any atom is -0.335 e. The molecule has 1 aromatic carbocycles. The van der Waals surface area contributed by atoms with Gasteiger partial charge in [-0.15, -0.1) is 0 Å². The second-order valence-corrected chi connectivity index (χ2v) is 2.83. The first-order chi connectivity index (χ1) is 7.33. The third-order valence-electron chi connectivity index (χ3n) is 1.61. The molecule has 0 atom stereocenters. The van der Waals surface area contributed by atoms with Crippen LogP contribution in [0.25, 0.3) is 0 Å². The molecule has 0 aliphatic carbocycles. The van der Waals surface area contributed by atoms with E-state index in [4.69, 9.17) is 5.73 Å². The maximum Gasteiger partial charge on any atom is 0.335 e. The quantitative estimate of drug-likeness (QED) is 0.488. The zero-order valence-electron chi connectivity index (χ0n) is 8.31. The Morgan fingerprint density at radius 2 is 2.13 bits per heavy atom. The van der Waals surface area contributed by atoms with Gasteiger partial charge in [-0.1, -0.05) is 30.3 Å². The highest BCUT2D eigenvalue weighted by molar-refractivity contribution is 5.81. The molecule has 0 aromatic heterocycles. The van der Waals surface area contributed by atoms with E-state index in [2.05, 4.69) is 15.8 Å². The molecule has 15 heavy (non-hydrogen) atoms. The van der Waals surface area contributed by atoms with Gasteiger partial charge >= 0.3 is 6.03 Å². The normalized spacial score (nSPS) is 10.2. The van der Waals surface area contributed by atoms with E-state index in [0.29, 0.717) is 13.1 Å². The zero-order valence-corrected chi connectivity index (χ0v) is 8.31. The molecule has 0 unspecified atom stereocenters. The summed E-state index contributed by atoms with van der Waals surface area (Å²) in [4.78, 5) is 11.0. The van der Waals surface area contributed by atoms with Crippen molar-refractivity contribution in [3.8, 4) is 0 Å². The van der Waals surface area contributed by atoms with Crippen molar-refractivity contribution in [3.05, 3.63) is 35.9 Å². The van der Waals surface area contributed by atoms with Gasteiger partial charge in [-0.25, -0.2) is 10.2 Å². The maximum absolute atomic E-state index is 11.0. The number of carbonyl (C=O) groups excluding carboxylic acids is 1. The van der Waals surface area contributed by atoms with Crippen LogP contribution in [0.2, 0.25) is 0 Å². The summed E-state index contributed by atoms with van der Waals surface area (Å²) in [7, 11) is 0. The lowest BCUT2D eigenvalue weighted by atomic mass is 10.2. The Kier molecular flexibility index (Phi) is 4.89. The van der Waals surface area contributed by atoms with Gasteiger partial charge in [0.15, 0.2) is 0 Å². The molecule has 2 amide bonds. The smallest absolute Gasteiger partial charge is 0.335 e. The molecule has 0 spiro atoms. The molecule has 4 N–H and O–H groups in total. The van der Waals surface area contributed by atoms with Crippen LogP contribution in [0.3, 0.4) is 0 Å². The monoisotopic (exact) mass is 206 g/mol. The van der Waals surface area contributed by atoms with Gasteiger partial charge in [-0.2, -0.15) is 5.10 Å². The fourth-order valence-electron chi connectivity index (χ4n) is 0.930. The molecular weight excluding hydrogens is 192 g/mol. The van der Waals surface area contributed by atoms with Crippen molar-refractivity contribution in [1.29, 1.82) is 0 Å². The largest absolute Gasteiger partial charge is 0.335 e. The summed E-state index contributed by atoms with van der Waals surface area (Å²) in [6, 6.07) is 9.14. The first-order valence-electron chi connectivity index (χ1n) is 4.65. The zero-order chi connectivity index (χ0) is 10.9. The van der Waals surface area contributed by atoms with Crippen molar-refractivity contribution < 1.29 is 4.79 Å². The lowest BCUT2D eigenvalue weighted by Crippen LogP contribution is -2.35. The number of urea groups is 1. The Morgan fingerprint density at radius 3 is 2.80 bits per heavy atom. The first-order valence-corrected chi connectivity index (χ1v) is 4.65. The number of hydrazone groups is 1. The number of rotatable bonds is 4. The summed E-state index contributed by atoms with van der Waals surface area (Å²) >= 11 is 0. The van der Waals surface area contributed by atoms with E-state index in [1.807, 2.05) is 30.3 Å². The molecule has 1 rings (SSSR count). The molecule has 0 aliphatic rings. The first kappa shape index (κ1) is 11.2. The molecule has 0 aliphatic heterocycles. The third kappa shape index (κ3) is 4.78. The third-order valence-corrected chi connectivity index (χ3v) is 1.61. The minimum absolute atomic E-state index is 0.354. The molecule has 0 saturated heterocycles. The molecule has 1 aromatic rings. The number of carbonyl (C=O) groups is 1. The average Bonchev–Trinajstić information content (AvgIpc) is 2.28. The maximum atomic E-state index is 11.0. The van der Waals surface area contributed by atoms with Crippen LogP contribution in [0.4, 0.5) is 4.79 Å². The molecular formula is C10H14N4O. The fraction of sp³-hybridized carbons (Fsp3) is 0.200. The minimum atomic E-state index is -0.354. The lowest BCUT2D eigenvalue weighted by molar-refractivity contribution is 0.241. The average molecular weight is 206 g/mol. The highest BCUT2D eigenvalue weighted by Gasteiger charge is 1.93. The lowest BCUT2D eigenvalue weighted by Gasteiger charge is -2.00. The summed E-state index contributed by atoms with van der Waals surface area (Å²) in [5.41, 5.74) is 8.47. The van der Waals surface area contributed by atoms with E-state index < -0.39 is 0 Å². The highest BCUT2D eigenvalue weighted by atomic mass is 16.2. The van der Waals surface area contributed by atoms with Crippen LogP contribution in [0.15, 0.2) is 35.4 Å². The number of nitrogens with two attached hydrogens (primary N) is 1. The number of hydrogen-bond acceptors (Lipinski definition) is 3. The van der Waals surface area contributed by atoms with Gasteiger partial charge in [0, 0.05) is 13.1 Å². The molecule has 80 valence electrons. The van der Waals surface area contributed by atoms with Crippen LogP contribution in [-0.4, -0.2) is 25.3 Å². The van der Waals surface area contributed by atoms with E-state index in [1.54, 1.807) is 6.21 Å². The van der Waals surface area contributed by atoms with Gasteiger partial charge in [0.05, 0.1) is 6.21 Å². The van der Waals surface area contributed by atoms with Gasteiger partial charge in [-0.05, 0) is 5.56 Å². The van der Waals surface area contributed by atoms with Crippen molar-refractivity contribution in [2.45, 2.75) is 0 Å². The van der Waals surface area contributed by atoms with E-state index in [1.165, 1.54) is 0 Å². The second-order valence-electron chi connectivity index (χ2n) is 2.83. The van der Waals surface area contributed by atoms with Gasteiger partial charge in [0.25, 0.3) is 0 Å². The fourth-order valence-corrected chi connectivity index (χ4v) is 0.930. The summed E-state index contributed by atoms with van der Waals surface area (Å²) in [6.45, 7) is 0.850. The van der Waals surface area contributed by atoms with Crippen molar-refractivity contribution >= 4 is 12.2 Å². The Morgan fingerprint density at radius 1 is 1.40 bits per heavy atom. The van der Waals surface area contributed by atoms with Crippen LogP contribution < -0.4 is 16.5 Å². The molecule has 5 heteroatoms. The number of benzene rings is 1. The summed E-state index contributed by atoms with van der Waals surface area (Å²) < 4.78 is 0. The summed E-state index contributed by atoms with van der Waals surface area (Å²) in [5, 5.41) is 6.30. The SMILES string of the molecule is NCCNC(=O)N/N=C/c1ccccc1. The van der Waals surface area contributed by atoms with Crippen molar-refractivity contribution in [1.82, 2.24) is 10.7 Å². The molecule has 0 radical (unpaired) electrons. The van der Waals surface area contributed by atoms with Gasteiger partial charge in [0.2, 0.25) is 0 Å². The molecule has 0 heterocycles. The second kappa shape index (κ2) is 6.56. The Bertz CT molecular complexity index is 323. The Hall–Kier alpha value is -1.88. The van der Waals surface area contributed by atoms with Gasteiger partial charge < -0.3 is 11.1 Å².